The molecule has 1 N–H and O–H groups in total. The lowest BCUT2D eigenvalue weighted by molar-refractivity contribution is 0.243. The third-order valence-electron chi connectivity index (χ3n) is 4.37. The van der Waals surface area contributed by atoms with Gasteiger partial charge in [-0.2, -0.15) is 0 Å². The molecular weight excluding hydrogens is 244 g/mol. The molecule has 20 heavy (non-hydrogen) atoms. The zero-order valence-corrected chi connectivity index (χ0v) is 12.7. The van der Waals surface area contributed by atoms with E-state index in [0.29, 0.717) is 12.0 Å². The number of nitrogens with zero attached hydrogens (tertiary/aromatic N) is 1. The van der Waals surface area contributed by atoms with Gasteiger partial charge in [0, 0.05) is 24.8 Å². The lowest BCUT2D eigenvalue weighted by Gasteiger charge is -2.31. The molecule has 1 unspecified atom stereocenters. The number of terminal acetylenes is 1. The Morgan fingerprint density at radius 2 is 1.95 bits per heavy atom. The molecule has 0 aromatic heterocycles. The molecule has 0 saturated carbocycles. The minimum Gasteiger partial charge on any atom is -0.382 e. The second kappa shape index (κ2) is 7.36. The summed E-state index contributed by atoms with van der Waals surface area (Å²) in [6.07, 6.45) is 8.91. The molecule has 0 bridgehead atoms. The highest BCUT2D eigenvalue weighted by Gasteiger charge is 2.18. The minimum atomic E-state index is 0.582. The molecule has 2 heteroatoms. The van der Waals surface area contributed by atoms with Crippen LogP contribution in [0, 0.1) is 12.3 Å². The summed E-state index contributed by atoms with van der Waals surface area (Å²) in [5.41, 5.74) is 2.68. The van der Waals surface area contributed by atoms with Crippen LogP contribution in [0.25, 0.3) is 0 Å². The maximum absolute atomic E-state index is 5.36. The van der Waals surface area contributed by atoms with E-state index in [2.05, 4.69) is 54.3 Å². The molecule has 1 atom stereocenters. The van der Waals surface area contributed by atoms with Gasteiger partial charge in [-0.15, -0.1) is 6.42 Å². The van der Waals surface area contributed by atoms with Crippen LogP contribution in [0.1, 0.15) is 44.6 Å². The van der Waals surface area contributed by atoms with Gasteiger partial charge in [0.25, 0.3) is 0 Å². The van der Waals surface area contributed by atoms with E-state index in [0.717, 1.165) is 19.6 Å². The van der Waals surface area contributed by atoms with Gasteiger partial charge in [-0.25, -0.2) is 0 Å². The van der Waals surface area contributed by atoms with Crippen LogP contribution in [-0.2, 0) is 0 Å². The summed E-state index contributed by atoms with van der Waals surface area (Å²) in [6.45, 7) is 7.51. The van der Waals surface area contributed by atoms with Gasteiger partial charge in [0.15, 0.2) is 0 Å². The predicted molar refractivity (Wildman–Crippen MR) is 87.1 cm³/mol. The van der Waals surface area contributed by atoms with Crippen LogP contribution < -0.4 is 5.32 Å². The van der Waals surface area contributed by atoms with Gasteiger partial charge in [0.2, 0.25) is 0 Å². The van der Waals surface area contributed by atoms with Crippen molar-refractivity contribution in [2.24, 2.45) is 0 Å². The Kier molecular flexibility index (Phi) is 5.49. The SMILES string of the molecule is C#CCN1CCC(Nc2ccc(C(C)CC)cc2)CC1. The van der Waals surface area contributed by atoms with E-state index in [1.807, 2.05) is 0 Å². The fourth-order valence-electron chi connectivity index (χ4n) is 2.74. The largest absolute Gasteiger partial charge is 0.382 e. The Morgan fingerprint density at radius 1 is 1.30 bits per heavy atom. The normalized spacial score (nSPS) is 18.4. The number of hydrogen-bond acceptors (Lipinski definition) is 2. The van der Waals surface area contributed by atoms with Crippen molar-refractivity contribution in [3.05, 3.63) is 29.8 Å². The van der Waals surface area contributed by atoms with Crippen molar-refractivity contribution in [3.8, 4) is 12.3 Å². The Labute approximate surface area is 123 Å². The van der Waals surface area contributed by atoms with Crippen LogP contribution in [0.15, 0.2) is 24.3 Å². The molecule has 108 valence electrons. The van der Waals surface area contributed by atoms with Gasteiger partial charge in [0.05, 0.1) is 6.54 Å². The highest BCUT2D eigenvalue weighted by atomic mass is 15.1. The highest BCUT2D eigenvalue weighted by molar-refractivity contribution is 5.46. The molecule has 0 radical (unpaired) electrons. The van der Waals surface area contributed by atoms with Gasteiger partial charge in [0.1, 0.15) is 0 Å². The number of hydrogen-bond donors (Lipinski definition) is 1. The highest BCUT2D eigenvalue weighted by Crippen LogP contribution is 2.22. The standard InChI is InChI=1S/C18H26N2/c1-4-12-20-13-10-18(11-14-20)19-17-8-6-16(7-9-17)15(3)5-2/h1,6-9,15,18-19H,5,10-14H2,2-3H3. The molecule has 1 aromatic carbocycles. The molecule has 0 aliphatic carbocycles. The smallest absolute Gasteiger partial charge is 0.0598 e. The molecule has 1 saturated heterocycles. The topological polar surface area (TPSA) is 15.3 Å². The van der Waals surface area contributed by atoms with Crippen molar-refractivity contribution in [2.75, 3.05) is 25.0 Å². The van der Waals surface area contributed by atoms with Crippen molar-refractivity contribution < 1.29 is 0 Å². The first kappa shape index (κ1) is 14.9. The summed E-state index contributed by atoms with van der Waals surface area (Å²) in [6, 6.07) is 9.52. The average molecular weight is 270 g/mol. The Morgan fingerprint density at radius 3 is 2.50 bits per heavy atom. The van der Waals surface area contributed by atoms with Gasteiger partial charge < -0.3 is 5.32 Å². The van der Waals surface area contributed by atoms with E-state index in [-0.39, 0.29) is 0 Å². The first-order valence-corrected chi connectivity index (χ1v) is 7.75. The molecule has 1 aliphatic heterocycles. The number of anilines is 1. The van der Waals surface area contributed by atoms with Crippen LogP contribution >= 0.6 is 0 Å². The number of rotatable bonds is 5. The van der Waals surface area contributed by atoms with Crippen LogP contribution in [-0.4, -0.2) is 30.6 Å². The molecule has 0 amide bonds. The Hall–Kier alpha value is -1.46. The Balaban J connectivity index is 1.84. The van der Waals surface area contributed by atoms with Gasteiger partial charge >= 0.3 is 0 Å². The molecule has 1 aromatic rings. The van der Waals surface area contributed by atoms with Crippen molar-refractivity contribution in [1.82, 2.24) is 4.90 Å². The monoisotopic (exact) mass is 270 g/mol. The maximum Gasteiger partial charge on any atom is 0.0598 e. The predicted octanol–water partition coefficient (Wildman–Crippen LogP) is 3.71. The fraction of sp³-hybridized carbons (Fsp3) is 0.556. The lowest BCUT2D eigenvalue weighted by atomic mass is 9.98. The van der Waals surface area contributed by atoms with Gasteiger partial charge in [-0.1, -0.05) is 31.9 Å². The quantitative estimate of drug-likeness (QED) is 0.821. The molecular formula is C18H26N2. The zero-order chi connectivity index (χ0) is 14.4. The maximum atomic E-state index is 5.36. The molecule has 1 heterocycles. The summed E-state index contributed by atoms with van der Waals surface area (Å²) < 4.78 is 0. The van der Waals surface area contributed by atoms with E-state index in [1.54, 1.807) is 0 Å². The summed E-state index contributed by atoms with van der Waals surface area (Å²) in [5, 5.41) is 3.65. The van der Waals surface area contributed by atoms with Crippen LogP contribution in [0.2, 0.25) is 0 Å². The summed E-state index contributed by atoms with van der Waals surface area (Å²) in [5.74, 6) is 3.38. The zero-order valence-electron chi connectivity index (χ0n) is 12.7. The minimum absolute atomic E-state index is 0.582. The van der Waals surface area contributed by atoms with Gasteiger partial charge in [-0.3, -0.25) is 4.90 Å². The number of nitrogens with one attached hydrogen (secondary N) is 1. The second-order valence-electron chi connectivity index (χ2n) is 5.83. The Bertz CT molecular complexity index is 435. The van der Waals surface area contributed by atoms with E-state index in [4.69, 9.17) is 6.42 Å². The summed E-state index contributed by atoms with van der Waals surface area (Å²) >= 11 is 0. The number of benzene rings is 1. The third kappa shape index (κ3) is 4.02. The van der Waals surface area contributed by atoms with E-state index >= 15 is 0 Å². The number of piperidine rings is 1. The molecule has 2 nitrogen and oxygen atoms in total. The van der Waals surface area contributed by atoms with Crippen LogP contribution in [0.5, 0.6) is 0 Å². The van der Waals surface area contributed by atoms with E-state index < -0.39 is 0 Å². The third-order valence-corrected chi connectivity index (χ3v) is 4.37. The first-order chi connectivity index (χ1) is 9.72. The summed E-state index contributed by atoms with van der Waals surface area (Å²) in [7, 11) is 0. The molecule has 1 fully saturated rings. The van der Waals surface area contributed by atoms with Crippen LogP contribution in [0.3, 0.4) is 0 Å². The van der Waals surface area contributed by atoms with Crippen molar-refractivity contribution in [1.29, 1.82) is 0 Å². The van der Waals surface area contributed by atoms with Gasteiger partial charge in [-0.05, 0) is 42.9 Å². The average Bonchev–Trinajstić information content (AvgIpc) is 2.49. The molecule has 1 aliphatic rings. The van der Waals surface area contributed by atoms with E-state index in [9.17, 15) is 0 Å². The lowest BCUT2D eigenvalue weighted by Crippen LogP contribution is -2.39. The summed E-state index contributed by atoms with van der Waals surface area (Å²) in [4.78, 5) is 2.35. The number of likely N-dealkylation sites (tertiary alicyclic amines) is 1. The first-order valence-electron chi connectivity index (χ1n) is 7.75. The molecule has 2 rings (SSSR count). The van der Waals surface area contributed by atoms with Crippen molar-refractivity contribution >= 4 is 5.69 Å². The molecule has 0 spiro atoms. The van der Waals surface area contributed by atoms with E-state index in [1.165, 1.54) is 30.5 Å². The second-order valence-corrected chi connectivity index (χ2v) is 5.83. The van der Waals surface area contributed by atoms with Crippen molar-refractivity contribution in [3.63, 3.8) is 0 Å². The fourth-order valence-corrected chi connectivity index (χ4v) is 2.74. The van der Waals surface area contributed by atoms with Crippen LogP contribution in [0.4, 0.5) is 5.69 Å². The van der Waals surface area contributed by atoms with Crippen molar-refractivity contribution in [2.45, 2.75) is 45.1 Å².